The molecule has 0 aliphatic carbocycles. The predicted octanol–water partition coefficient (Wildman–Crippen LogP) is 0.927. The van der Waals surface area contributed by atoms with E-state index in [0.29, 0.717) is 18.5 Å². The van der Waals surface area contributed by atoms with Crippen LogP contribution in [0.25, 0.3) is 0 Å². The van der Waals surface area contributed by atoms with E-state index in [1.807, 2.05) is 0 Å². The molecule has 1 heterocycles. The second kappa shape index (κ2) is 3.55. The molecule has 0 saturated carbocycles. The van der Waals surface area contributed by atoms with E-state index in [-0.39, 0.29) is 17.6 Å². The normalized spacial score (nSPS) is 26.7. The van der Waals surface area contributed by atoms with Gasteiger partial charge in [0.1, 0.15) is 11.6 Å². The van der Waals surface area contributed by atoms with E-state index in [1.165, 1.54) is 18.2 Å². The first kappa shape index (κ1) is 9.43. The third-order valence-corrected chi connectivity index (χ3v) is 2.47. The van der Waals surface area contributed by atoms with Gasteiger partial charge in [0.2, 0.25) is 0 Å². The molecule has 0 amide bonds. The van der Waals surface area contributed by atoms with Gasteiger partial charge >= 0.3 is 0 Å². The van der Waals surface area contributed by atoms with E-state index in [0.717, 1.165) is 0 Å². The van der Waals surface area contributed by atoms with Gasteiger partial charge in [0.15, 0.2) is 0 Å². The van der Waals surface area contributed by atoms with E-state index in [9.17, 15) is 14.6 Å². The maximum atomic E-state index is 12.9. The van der Waals surface area contributed by atoms with Gasteiger partial charge in [-0.2, -0.15) is 0 Å². The van der Waals surface area contributed by atoms with E-state index in [4.69, 9.17) is 0 Å². The number of halogens is 1. The number of β-amino-alcohol motifs (C(OH)–C–C–N with tert-alkyl or cyclic N) is 1. The molecule has 4 heteroatoms. The Morgan fingerprint density at radius 2 is 2.21 bits per heavy atom. The van der Waals surface area contributed by atoms with Gasteiger partial charge in [-0.25, -0.2) is 4.39 Å². The van der Waals surface area contributed by atoms with Crippen LogP contribution in [0.5, 0.6) is 5.75 Å². The van der Waals surface area contributed by atoms with Crippen LogP contribution in [0.4, 0.5) is 4.39 Å². The average Bonchev–Trinajstić information content (AvgIpc) is 2.56. The number of benzene rings is 1. The minimum absolute atomic E-state index is 0.0676. The topological polar surface area (TPSA) is 52.5 Å². The van der Waals surface area contributed by atoms with Crippen molar-refractivity contribution >= 4 is 0 Å². The number of nitrogens with one attached hydrogen (secondary N) is 1. The first-order valence-corrected chi connectivity index (χ1v) is 4.56. The molecule has 1 aliphatic heterocycles. The van der Waals surface area contributed by atoms with Gasteiger partial charge < -0.3 is 15.5 Å². The summed E-state index contributed by atoms with van der Waals surface area (Å²) in [4.78, 5) is 0. The standard InChI is InChI=1S/C10H12FNO2/c11-6-1-2-10(14)8(3-6)9-4-7(13)5-12-9/h1-3,7,9,12-14H,4-5H2/t7-,9-/m1/s1. The van der Waals surface area contributed by atoms with Crippen LogP contribution >= 0.6 is 0 Å². The third kappa shape index (κ3) is 1.71. The maximum absolute atomic E-state index is 12.9. The fraction of sp³-hybridized carbons (Fsp3) is 0.400. The summed E-state index contributed by atoms with van der Waals surface area (Å²) in [5, 5.41) is 21.8. The van der Waals surface area contributed by atoms with Crippen molar-refractivity contribution < 1.29 is 14.6 Å². The summed E-state index contributed by atoms with van der Waals surface area (Å²) in [6, 6.07) is 3.69. The number of rotatable bonds is 1. The van der Waals surface area contributed by atoms with E-state index < -0.39 is 6.10 Å². The van der Waals surface area contributed by atoms with Crippen molar-refractivity contribution in [1.82, 2.24) is 5.32 Å². The molecule has 0 spiro atoms. The zero-order chi connectivity index (χ0) is 10.1. The van der Waals surface area contributed by atoms with Crippen molar-refractivity contribution in [3.05, 3.63) is 29.6 Å². The Bertz CT molecular complexity index is 343. The van der Waals surface area contributed by atoms with Gasteiger partial charge in [-0.05, 0) is 24.6 Å². The number of aliphatic hydroxyl groups excluding tert-OH is 1. The van der Waals surface area contributed by atoms with Crippen LogP contribution in [0.1, 0.15) is 18.0 Å². The Morgan fingerprint density at radius 1 is 1.43 bits per heavy atom. The summed E-state index contributed by atoms with van der Waals surface area (Å²) in [6.07, 6.45) is 0.0967. The Balaban J connectivity index is 2.27. The van der Waals surface area contributed by atoms with Crippen LogP contribution in [0, 0.1) is 5.82 Å². The Morgan fingerprint density at radius 3 is 2.86 bits per heavy atom. The average molecular weight is 197 g/mol. The first-order chi connectivity index (χ1) is 6.66. The minimum Gasteiger partial charge on any atom is -0.508 e. The van der Waals surface area contributed by atoms with Crippen molar-refractivity contribution in [3.8, 4) is 5.75 Å². The smallest absolute Gasteiger partial charge is 0.123 e. The van der Waals surface area contributed by atoms with E-state index in [1.54, 1.807) is 0 Å². The quantitative estimate of drug-likeness (QED) is 0.627. The van der Waals surface area contributed by atoms with Gasteiger partial charge in [-0.15, -0.1) is 0 Å². The van der Waals surface area contributed by atoms with Gasteiger partial charge in [0, 0.05) is 18.2 Å². The lowest BCUT2D eigenvalue weighted by molar-refractivity contribution is 0.193. The van der Waals surface area contributed by atoms with Crippen molar-refractivity contribution in [2.24, 2.45) is 0 Å². The van der Waals surface area contributed by atoms with Crippen LogP contribution in [-0.2, 0) is 0 Å². The van der Waals surface area contributed by atoms with Gasteiger partial charge in [-0.3, -0.25) is 0 Å². The second-order valence-electron chi connectivity index (χ2n) is 3.55. The highest BCUT2D eigenvalue weighted by molar-refractivity contribution is 5.35. The summed E-state index contributed by atoms with van der Waals surface area (Å²) >= 11 is 0. The van der Waals surface area contributed by atoms with Crippen LogP contribution in [0.3, 0.4) is 0 Å². The van der Waals surface area contributed by atoms with Crippen LogP contribution in [-0.4, -0.2) is 22.9 Å². The van der Waals surface area contributed by atoms with Crippen molar-refractivity contribution in [1.29, 1.82) is 0 Å². The van der Waals surface area contributed by atoms with Gasteiger partial charge in [-0.1, -0.05) is 0 Å². The number of aromatic hydroxyl groups is 1. The number of hydrogen-bond donors (Lipinski definition) is 3. The Kier molecular flexibility index (Phi) is 2.39. The molecule has 1 aliphatic rings. The molecule has 14 heavy (non-hydrogen) atoms. The highest BCUT2D eigenvalue weighted by atomic mass is 19.1. The lowest BCUT2D eigenvalue weighted by atomic mass is 10.0. The number of phenols is 1. The van der Waals surface area contributed by atoms with Crippen LogP contribution in [0.2, 0.25) is 0 Å². The van der Waals surface area contributed by atoms with E-state index in [2.05, 4.69) is 5.32 Å². The molecular weight excluding hydrogens is 185 g/mol. The molecule has 3 nitrogen and oxygen atoms in total. The van der Waals surface area contributed by atoms with Gasteiger partial charge in [0.05, 0.1) is 6.10 Å². The summed E-state index contributed by atoms with van der Waals surface area (Å²) in [6.45, 7) is 0.487. The van der Waals surface area contributed by atoms with Crippen LogP contribution < -0.4 is 5.32 Å². The predicted molar refractivity (Wildman–Crippen MR) is 49.4 cm³/mol. The number of aliphatic hydroxyl groups is 1. The van der Waals surface area contributed by atoms with E-state index >= 15 is 0 Å². The second-order valence-corrected chi connectivity index (χ2v) is 3.55. The third-order valence-electron chi connectivity index (χ3n) is 2.47. The molecule has 0 unspecified atom stereocenters. The van der Waals surface area contributed by atoms with Gasteiger partial charge in [0.25, 0.3) is 0 Å². The molecule has 0 radical (unpaired) electrons. The minimum atomic E-state index is -0.414. The van der Waals surface area contributed by atoms with Crippen molar-refractivity contribution in [2.75, 3.05) is 6.54 Å². The fourth-order valence-corrected chi connectivity index (χ4v) is 1.76. The zero-order valence-electron chi connectivity index (χ0n) is 7.57. The highest BCUT2D eigenvalue weighted by Gasteiger charge is 2.25. The lowest BCUT2D eigenvalue weighted by Crippen LogP contribution is -2.15. The number of phenolic OH excluding ortho intramolecular Hbond substituents is 1. The molecule has 0 bridgehead atoms. The SMILES string of the molecule is Oc1ccc(F)cc1[C@H]1C[C@@H](O)CN1. The summed E-state index contributed by atoms with van der Waals surface area (Å²) in [7, 11) is 0. The summed E-state index contributed by atoms with van der Waals surface area (Å²) in [5.74, 6) is -0.306. The first-order valence-electron chi connectivity index (χ1n) is 4.56. The van der Waals surface area contributed by atoms with Crippen molar-refractivity contribution in [3.63, 3.8) is 0 Å². The zero-order valence-corrected chi connectivity index (χ0v) is 7.57. The molecule has 1 saturated heterocycles. The molecule has 1 fully saturated rings. The van der Waals surface area contributed by atoms with Crippen LogP contribution in [0.15, 0.2) is 18.2 Å². The molecule has 0 aromatic heterocycles. The highest BCUT2D eigenvalue weighted by Crippen LogP contribution is 2.30. The maximum Gasteiger partial charge on any atom is 0.123 e. The molecule has 3 N–H and O–H groups in total. The van der Waals surface area contributed by atoms with Crippen molar-refractivity contribution in [2.45, 2.75) is 18.6 Å². The lowest BCUT2D eigenvalue weighted by Gasteiger charge is -2.12. The Labute approximate surface area is 81.2 Å². The monoisotopic (exact) mass is 197 g/mol. The largest absolute Gasteiger partial charge is 0.508 e. The number of hydrogen-bond acceptors (Lipinski definition) is 3. The Hall–Kier alpha value is -1.13. The molecule has 76 valence electrons. The molecule has 1 aromatic carbocycles. The molecule has 1 aromatic rings. The summed E-state index contributed by atoms with van der Waals surface area (Å²) < 4.78 is 12.9. The molecule has 2 rings (SSSR count). The fourth-order valence-electron chi connectivity index (χ4n) is 1.76. The molecular formula is C10H12FNO2. The summed E-state index contributed by atoms with van der Waals surface area (Å²) in [5.41, 5.74) is 0.515. The molecule has 2 atom stereocenters.